The number of para-hydroxylation sites is 1. The Balaban J connectivity index is 1.05. The summed E-state index contributed by atoms with van der Waals surface area (Å²) in [4.78, 5) is 4.65. The van der Waals surface area contributed by atoms with Gasteiger partial charge in [-0.1, -0.05) is 146 Å². The van der Waals surface area contributed by atoms with Gasteiger partial charge in [0.05, 0.1) is 0 Å². The molecule has 0 bridgehead atoms. The van der Waals surface area contributed by atoms with Crippen LogP contribution in [0, 0.1) is 13.8 Å². The van der Waals surface area contributed by atoms with Crippen molar-refractivity contribution in [2.45, 2.75) is 13.8 Å². The summed E-state index contributed by atoms with van der Waals surface area (Å²) in [6.07, 6.45) is 4.37. The summed E-state index contributed by atoms with van der Waals surface area (Å²) in [6, 6.07) is 73.6. The Hall–Kier alpha value is -6.90. The van der Waals surface area contributed by atoms with Crippen molar-refractivity contribution in [1.82, 2.24) is 0 Å². The van der Waals surface area contributed by atoms with Crippen LogP contribution in [-0.2, 0) is 0 Å². The van der Waals surface area contributed by atoms with Crippen molar-refractivity contribution in [2.24, 2.45) is 0 Å². The lowest BCUT2D eigenvalue weighted by Crippen LogP contribution is -2.10. The van der Waals surface area contributed by atoms with Crippen LogP contribution in [0.4, 0.5) is 34.1 Å². The normalized spacial score (nSPS) is 11.1. The van der Waals surface area contributed by atoms with Crippen molar-refractivity contribution < 1.29 is 0 Å². The molecular formula is C52H42N2. The summed E-state index contributed by atoms with van der Waals surface area (Å²) >= 11 is 0. The van der Waals surface area contributed by atoms with Crippen molar-refractivity contribution in [3.63, 3.8) is 0 Å². The van der Waals surface area contributed by atoms with E-state index in [0.29, 0.717) is 0 Å². The first-order valence-corrected chi connectivity index (χ1v) is 18.5. The number of benzene rings is 8. The van der Waals surface area contributed by atoms with E-state index in [4.69, 9.17) is 0 Å². The molecule has 0 radical (unpaired) electrons. The maximum absolute atomic E-state index is 2.32. The van der Waals surface area contributed by atoms with Crippen LogP contribution >= 0.6 is 0 Å². The largest absolute Gasteiger partial charge is 0.311 e. The topological polar surface area (TPSA) is 6.48 Å². The molecule has 260 valence electrons. The smallest absolute Gasteiger partial charge is 0.0466 e. The molecule has 0 aliphatic rings. The van der Waals surface area contributed by atoms with Gasteiger partial charge in [0.15, 0.2) is 0 Å². The second-order valence-corrected chi connectivity index (χ2v) is 13.7. The van der Waals surface area contributed by atoms with E-state index in [1.54, 1.807) is 0 Å². The summed E-state index contributed by atoms with van der Waals surface area (Å²) in [5.41, 5.74) is 16.4. The van der Waals surface area contributed by atoms with Gasteiger partial charge in [-0.15, -0.1) is 0 Å². The van der Waals surface area contributed by atoms with Gasteiger partial charge >= 0.3 is 0 Å². The summed E-state index contributed by atoms with van der Waals surface area (Å²) in [6.45, 7) is 4.31. The van der Waals surface area contributed by atoms with E-state index in [1.807, 2.05) is 0 Å². The first kappa shape index (κ1) is 34.2. The molecule has 0 heterocycles. The van der Waals surface area contributed by atoms with E-state index < -0.39 is 0 Å². The minimum atomic E-state index is 1.10. The molecule has 8 rings (SSSR count). The van der Waals surface area contributed by atoms with Gasteiger partial charge in [-0.25, -0.2) is 0 Å². The number of nitrogens with zero attached hydrogens (tertiary/aromatic N) is 2. The van der Waals surface area contributed by atoms with Crippen LogP contribution in [0.2, 0.25) is 0 Å². The van der Waals surface area contributed by atoms with Crippen LogP contribution in [0.15, 0.2) is 206 Å². The summed E-state index contributed by atoms with van der Waals surface area (Å²) in [5, 5.41) is 0. The van der Waals surface area contributed by atoms with Crippen molar-refractivity contribution in [1.29, 1.82) is 0 Å². The molecule has 0 spiro atoms. The Bertz CT molecular complexity index is 2350. The maximum Gasteiger partial charge on any atom is 0.0466 e. The Kier molecular flexibility index (Phi) is 9.99. The van der Waals surface area contributed by atoms with Crippen LogP contribution < -0.4 is 9.80 Å². The zero-order chi connectivity index (χ0) is 36.7. The third kappa shape index (κ3) is 7.79. The van der Waals surface area contributed by atoms with Gasteiger partial charge in [-0.3, -0.25) is 0 Å². The van der Waals surface area contributed by atoms with Crippen LogP contribution in [0.3, 0.4) is 0 Å². The summed E-state index contributed by atoms with van der Waals surface area (Å²) in [5.74, 6) is 0. The van der Waals surface area contributed by atoms with Crippen LogP contribution in [0.1, 0.15) is 22.3 Å². The molecule has 0 aliphatic carbocycles. The second kappa shape index (κ2) is 15.8. The Morgan fingerprint density at radius 2 is 0.574 bits per heavy atom. The van der Waals surface area contributed by atoms with Gasteiger partial charge in [0.1, 0.15) is 0 Å². The predicted octanol–water partition coefficient (Wildman–Crippen LogP) is 14.7. The molecule has 0 fully saturated rings. The third-order valence-electron chi connectivity index (χ3n) is 9.72. The average Bonchev–Trinajstić information content (AvgIpc) is 3.22. The van der Waals surface area contributed by atoms with E-state index in [2.05, 4.69) is 242 Å². The van der Waals surface area contributed by atoms with E-state index in [9.17, 15) is 0 Å². The van der Waals surface area contributed by atoms with Crippen molar-refractivity contribution in [2.75, 3.05) is 9.80 Å². The molecule has 2 heteroatoms. The molecule has 0 amide bonds. The van der Waals surface area contributed by atoms with Crippen LogP contribution in [-0.4, -0.2) is 0 Å². The molecule has 0 saturated carbocycles. The van der Waals surface area contributed by atoms with Gasteiger partial charge in [-0.05, 0) is 131 Å². The fourth-order valence-corrected chi connectivity index (χ4v) is 7.08. The minimum Gasteiger partial charge on any atom is -0.311 e. The first-order valence-electron chi connectivity index (χ1n) is 18.5. The molecule has 2 nitrogen and oxygen atoms in total. The van der Waals surface area contributed by atoms with E-state index >= 15 is 0 Å². The monoisotopic (exact) mass is 694 g/mol. The van der Waals surface area contributed by atoms with E-state index in [0.717, 1.165) is 45.3 Å². The standard InChI is InChI=1S/C52H42N2/c1-39-36-40(2)38-52(37-39)54(47-16-10-5-11-17-47)49-30-22-42(23-31-49)19-18-41-20-28-48(29-21-41)53(50-32-24-45(25-33-50)43-12-6-3-7-13-43)51-34-26-46(27-35-51)44-14-8-4-9-15-44/h3-38H,1-2H3. The summed E-state index contributed by atoms with van der Waals surface area (Å²) < 4.78 is 0. The zero-order valence-corrected chi connectivity index (χ0v) is 30.7. The van der Waals surface area contributed by atoms with Gasteiger partial charge in [-0.2, -0.15) is 0 Å². The Morgan fingerprint density at radius 3 is 0.963 bits per heavy atom. The lowest BCUT2D eigenvalue weighted by Gasteiger charge is -2.26. The van der Waals surface area contributed by atoms with Gasteiger partial charge in [0, 0.05) is 34.1 Å². The number of rotatable bonds is 10. The van der Waals surface area contributed by atoms with Crippen molar-refractivity contribution >= 4 is 46.3 Å². The molecule has 0 saturated heterocycles. The van der Waals surface area contributed by atoms with Crippen molar-refractivity contribution in [3.8, 4) is 22.3 Å². The number of hydrogen-bond acceptors (Lipinski definition) is 2. The van der Waals surface area contributed by atoms with Crippen LogP contribution in [0.25, 0.3) is 34.4 Å². The zero-order valence-electron chi connectivity index (χ0n) is 30.7. The van der Waals surface area contributed by atoms with Gasteiger partial charge in [0.25, 0.3) is 0 Å². The summed E-state index contributed by atoms with van der Waals surface area (Å²) in [7, 11) is 0. The molecule has 8 aromatic carbocycles. The fraction of sp³-hybridized carbons (Fsp3) is 0.0385. The van der Waals surface area contributed by atoms with Gasteiger partial charge < -0.3 is 9.80 Å². The highest BCUT2D eigenvalue weighted by Crippen LogP contribution is 2.38. The third-order valence-corrected chi connectivity index (χ3v) is 9.72. The molecule has 0 N–H and O–H groups in total. The molecule has 0 aromatic heterocycles. The average molecular weight is 695 g/mol. The van der Waals surface area contributed by atoms with E-state index in [-0.39, 0.29) is 0 Å². The molecule has 54 heavy (non-hydrogen) atoms. The lowest BCUT2D eigenvalue weighted by molar-refractivity contribution is 1.25. The van der Waals surface area contributed by atoms with E-state index in [1.165, 1.54) is 33.4 Å². The van der Waals surface area contributed by atoms with Crippen molar-refractivity contribution in [3.05, 3.63) is 229 Å². The number of aryl methyl sites for hydroxylation is 2. The first-order chi connectivity index (χ1) is 26.6. The minimum absolute atomic E-state index is 1.10. The van der Waals surface area contributed by atoms with Gasteiger partial charge in [0.2, 0.25) is 0 Å². The SMILES string of the molecule is Cc1cc(C)cc(N(c2ccccc2)c2ccc(C=Cc3ccc(N(c4ccc(-c5ccccc5)cc4)c4ccc(-c5ccccc5)cc4)cc3)cc2)c1. The highest BCUT2D eigenvalue weighted by atomic mass is 15.1. The Labute approximate surface area is 319 Å². The Morgan fingerprint density at radius 1 is 0.278 bits per heavy atom. The number of hydrogen-bond donors (Lipinski definition) is 0. The second-order valence-electron chi connectivity index (χ2n) is 13.7. The molecular weight excluding hydrogens is 653 g/mol. The highest BCUT2D eigenvalue weighted by Gasteiger charge is 2.15. The lowest BCUT2D eigenvalue weighted by atomic mass is 10.0. The number of anilines is 6. The molecule has 8 aromatic rings. The fourth-order valence-electron chi connectivity index (χ4n) is 7.08. The van der Waals surface area contributed by atoms with Crippen LogP contribution in [0.5, 0.6) is 0 Å². The molecule has 0 unspecified atom stereocenters. The molecule has 0 atom stereocenters. The maximum atomic E-state index is 2.32. The predicted molar refractivity (Wildman–Crippen MR) is 232 cm³/mol. The quantitative estimate of drug-likeness (QED) is 0.132. The molecule has 0 aliphatic heterocycles. The highest BCUT2D eigenvalue weighted by molar-refractivity contribution is 5.82.